The Bertz CT molecular complexity index is 401. The van der Waals surface area contributed by atoms with Crippen molar-refractivity contribution in [1.82, 2.24) is 9.97 Å². The molecule has 2 N–H and O–H groups in total. The summed E-state index contributed by atoms with van der Waals surface area (Å²) in [6.45, 7) is 0.442. The van der Waals surface area contributed by atoms with Gasteiger partial charge < -0.3 is 10.5 Å². The SMILES string of the molecule is Nc1nc(COc2ccncc2)cs1. The molecule has 0 aliphatic rings. The van der Waals surface area contributed by atoms with Crippen molar-refractivity contribution in [3.05, 3.63) is 35.6 Å². The molecule has 0 fully saturated rings. The fourth-order valence-electron chi connectivity index (χ4n) is 0.981. The Morgan fingerprint density at radius 1 is 1.36 bits per heavy atom. The van der Waals surface area contributed by atoms with Crippen LogP contribution in [0.15, 0.2) is 29.9 Å². The summed E-state index contributed by atoms with van der Waals surface area (Å²) in [5, 5.41) is 2.45. The standard InChI is InChI=1S/C9H9N3OS/c10-9-12-7(6-14-9)5-13-8-1-3-11-4-2-8/h1-4,6H,5H2,(H2,10,12). The van der Waals surface area contributed by atoms with E-state index in [4.69, 9.17) is 10.5 Å². The molecule has 0 amide bonds. The van der Waals surface area contributed by atoms with E-state index in [-0.39, 0.29) is 0 Å². The minimum Gasteiger partial charge on any atom is -0.487 e. The van der Waals surface area contributed by atoms with Gasteiger partial charge in [-0.15, -0.1) is 11.3 Å². The fourth-order valence-corrected chi connectivity index (χ4v) is 1.53. The molecule has 0 radical (unpaired) electrons. The van der Waals surface area contributed by atoms with Crippen LogP contribution in [-0.4, -0.2) is 9.97 Å². The van der Waals surface area contributed by atoms with Gasteiger partial charge in [-0.3, -0.25) is 4.98 Å². The van der Waals surface area contributed by atoms with Crippen molar-refractivity contribution in [2.45, 2.75) is 6.61 Å². The predicted octanol–water partition coefficient (Wildman–Crippen LogP) is 1.70. The average Bonchev–Trinajstić information content (AvgIpc) is 2.63. The summed E-state index contributed by atoms with van der Waals surface area (Å²) < 4.78 is 5.45. The molecule has 2 rings (SSSR count). The summed E-state index contributed by atoms with van der Waals surface area (Å²) in [4.78, 5) is 7.97. The third-order valence-electron chi connectivity index (χ3n) is 1.61. The van der Waals surface area contributed by atoms with Crippen molar-refractivity contribution in [3.63, 3.8) is 0 Å². The molecule has 0 unspecified atom stereocenters. The smallest absolute Gasteiger partial charge is 0.180 e. The highest BCUT2D eigenvalue weighted by atomic mass is 32.1. The second kappa shape index (κ2) is 4.06. The molecule has 0 aliphatic carbocycles. The number of anilines is 1. The number of nitrogens with zero attached hydrogens (tertiary/aromatic N) is 2. The molecular formula is C9H9N3OS. The van der Waals surface area contributed by atoms with Crippen molar-refractivity contribution >= 4 is 16.5 Å². The molecule has 2 heterocycles. The van der Waals surface area contributed by atoms with E-state index < -0.39 is 0 Å². The van der Waals surface area contributed by atoms with Crippen molar-refractivity contribution in [3.8, 4) is 5.75 Å². The van der Waals surface area contributed by atoms with Crippen LogP contribution in [0.5, 0.6) is 5.75 Å². The summed E-state index contributed by atoms with van der Waals surface area (Å²) in [7, 11) is 0. The van der Waals surface area contributed by atoms with Crippen molar-refractivity contribution in [1.29, 1.82) is 0 Å². The Hall–Kier alpha value is -1.62. The minimum atomic E-state index is 0.442. The second-order valence-electron chi connectivity index (χ2n) is 2.65. The highest BCUT2D eigenvalue weighted by molar-refractivity contribution is 7.13. The summed E-state index contributed by atoms with van der Waals surface area (Å²) in [6, 6.07) is 3.60. The first-order chi connectivity index (χ1) is 6.84. The number of nitrogens with two attached hydrogens (primary N) is 1. The zero-order valence-electron chi connectivity index (χ0n) is 7.38. The number of nitrogen functional groups attached to an aromatic ring is 1. The molecule has 2 aromatic rings. The van der Waals surface area contributed by atoms with Crippen molar-refractivity contribution in [2.24, 2.45) is 0 Å². The molecule has 0 saturated carbocycles. The number of ether oxygens (including phenoxy) is 1. The van der Waals surface area contributed by atoms with Gasteiger partial charge in [0.15, 0.2) is 5.13 Å². The predicted molar refractivity (Wildman–Crippen MR) is 55.1 cm³/mol. The van der Waals surface area contributed by atoms with Gasteiger partial charge in [0.2, 0.25) is 0 Å². The summed E-state index contributed by atoms with van der Waals surface area (Å²) in [5.41, 5.74) is 6.34. The Balaban J connectivity index is 1.95. The van der Waals surface area contributed by atoms with Crippen molar-refractivity contribution in [2.75, 3.05) is 5.73 Å². The number of aromatic nitrogens is 2. The summed E-state index contributed by atoms with van der Waals surface area (Å²) >= 11 is 1.41. The van der Waals surface area contributed by atoms with Gasteiger partial charge in [-0.2, -0.15) is 0 Å². The van der Waals surface area contributed by atoms with E-state index in [1.807, 2.05) is 5.38 Å². The first kappa shape index (κ1) is 8.96. The fraction of sp³-hybridized carbons (Fsp3) is 0.111. The van der Waals surface area contributed by atoms with Gasteiger partial charge in [0, 0.05) is 17.8 Å². The molecule has 0 spiro atoms. The van der Waals surface area contributed by atoms with Gasteiger partial charge in [0.05, 0.1) is 5.69 Å². The number of thiazole rings is 1. The quantitative estimate of drug-likeness (QED) is 0.832. The molecule has 5 heteroatoms. The van der Waals surface area contributed by atoms with Crippen LogP contribution < -0.4 is 10.5 Å². The third kappa shape index (κ3) is 2.20. The lowest BCUT2D eigenvalue weighted by atomic mass is 10.4. The van der Waals surface area contributed by atoms with Gasteiger partial charge in [-0.05, 0) is 12.1 Å². The largest absolute Gasteiger partial charge is 0.487 e. The zero-order chi connectivity index (χ0) is 9.80. The summed E-state index contributed by atoms with van der Waals surface area (Å²) in [5.74, 6) is 0.784. The van der Waals surface area contributed by atoms with Crippen LogP contribution in [0.25, 0.3) is 0 Å². The number of hydrogen-bond donors (Lipinski definition) is 1. The lowest BCUT2D eigenvalue weighted by Gasteiger charge is -2.02. The van der Waals surface area contributed by atoms with Crippen LogP contribution in [0.2, 0.25) is 0 Å². The second-order valence-corrected chi connectivity index (χ2v) is 3.54. The Labute approximate surface area is 85.4 Å². The molecule has 0 atom stereocenters. The van der Waals surface area contributed by atoms with Crippen LogP contribution in [0, 0.1) is 0 Å². The van der Waals surface area contributed by atoms with Crippen LogP contribution in [0.1, 0.15) is 5.69 Å². The van der Waals surface area contributed by atoms with E-state index in [0.717, 1.165) is 11.4 Å². The van der Waals surface area contributed by atoms with E-state index in [1.165, 1.54) is 11.3 Å². The highest BCUT2D eigenvalue weighted by Crippen LogP contribution is 2.14. The maximum atomic E-state index is 5.49. The average molecular weight is 207 g/mol. The molecule has 72 valence electrons. The lowest BCUT2D eigenvalue weighted by molar-refractivity contribution is 0.302. The molecule has 0 aromatic carbocycles. The summed E-state index contributed by atoms with van der Waals surface area (Å²) in [6.07, 6.45) is 3.37. The zero-order valence-corrected chi connectivity index (χ0v) is 8.20. The van der Waals surface area contributed by atoms with Gasteiger partial charge in [-0.25, -0.2) is 4.98 Å². The molecule has 4 nitrogen and oxygen atoms in total. The normalized spacial score (nSPS) is 10.0. The molecule has 14 heavy (non-hydrogen) atoms. The molecular weight excluding hydrogens is 198 g/mol. The number of hydrogen-bond acceptors (Lipinski definition) is 5. The maximum absolute atomic E-state index is 5.49. The van der Waals surface area contributed by atoms with Gasteiger partial charge in [-0.1, -0.05) is 0 Å². The first-order valence-electron chi connectivity index (χ1n) is 4.07. The highest BCUT2D eigenvalue weighted by Gasteiger charge is 1.99. The Morgan fingerprint density at radius 2 is 2.14 bits per heavy atom. The minimum absolute atomic E-state index is 0.442. The van der Waals surface area contributed by atoms with E-state index >= 15 is 0 Å². The van der Waals surface area contributed by atoms with E-state index in [1.54, 1.807) is 24.5 Å². The van der Waals surface area contributed by atoms with Gasteiger partial charge in [0.1, 0.15) is 12.4 Å². The number of rotatable bonds is 3. The number of pyridine rings is 1. The molecule has 0 saturated heterocycles. The molecule has 0 aliphatic heterocycles. The van der Waals surface area contributed by atoms with Gasteiger partial charge >= 0.3 is 0 Å². The maximum Gasteiger partial charge on any atom is 0.180 e. The van der Waals surface area contributed by atoms with Crippen LogP contribution in [0.4, 0.5) is 5.13 Å². The van der Waals surface area contributed by atoms with Crippen LogP contribution in [-0.2, 0) is 6.61 Å². The van der Waals surface area contributed by atoms with E-state index in [9.17, 15) is 0 Å². The molecule has 2 aromatic heterocycles. The van der Waals surface area contributed by atoms with Crippen LogP contribution >= 0.6 is 11.3 Å². The Morgan fingerprint density at radius 3 is 2.79 bits per heavy atom. The third-order valence-corrected chi connectivity index (χ3v) is 2.33. The monoisotopic (exact) mass is 207 g/mol. The Kier molecular flexibility index (Phi) is 2.60. The molecule has 0 bridgehead atoms. The topological polar surface area (TPSA) is 61.0 Å². The first-order valence-corrected chi connectivity index (χ1v) is 4.95. The van der Waals surface area contributed by atoms with Gasteiger partial charge in [0.25, 0.3) is 0 Å². The van der Waals surface area contributed by atoms with Crippen LogP contribution in [0.3, 0.4) is 0 Å². The van der Waals surface area contributed by atoms with E-state index in [2.05, 4.69) is 9.97 Å². The van der Waals surface area contributed by atoms with E-state index in [0.29, 0.717) is 11.7 Å². The van der Waals surface area contributed by atoms with Crippen molar-refractivity contribution < 1.29 is 4.74 Å². The lowest BCUT2D eigenvalue weighted by Crippen LogP contribution is -1.96.